The second-order valence-electron chi connectivity index (χ2n) is 6.42. The van der Waals surface area contributed by atoms with Crippen LogP contribution in [-0.2, 0) is 0 Å². The molecule has 0 saturated heterocycles. The van der Waals surface area contributed by atoms with Gasteiger partial charge in [-0.2, -0.15) is 0 Å². The highest BCUT2D eigenvalue weighted by atomic mass is 35.5. The molecule has 1 heterocycles. The Morgan fingerprint density at radius 2 is 1.95 bits per heavy atom. The fourth-order valence-electron chi connectivity index (χ4n) is 3.74. The Labute approximate surface area is 131 Å². The lowest BCUT2D eigenvalue weighted by atomic mass is 9.90. The number of hydrogen-bond acceptors (Lipinski definition) is 3. The maximum Gasteiger partial charge on any atom is 0.128 e. The predicted octanol–water partition coefficient (Wildman–Crippen LogP) is 3.71. The van der Waals surface area contributed by atoms with Gasteiger partial charge in [0.2, 0.25) is 0 Å². The fraction of sp³-hybridized carbons (Fsp3) is 0.647. The minimum absolute atomic E-state index is 0.0125. The normalized spacial score (nSPS) is 26.5. The third-order valence-corrected chi connectivity index (χ3v) is 5.24. The Kier molecular flexibility index (Phi) is 4.43. The number of likely N-dealkylation sites (N-methyl/N-ethyl adjacent to an activating group) is 1. The summed E-state index contributed by atoms with van der Waals surface area (Å²) in [5.41, 5.74) is 1.83. The van der Waals surface area contributed by atoms with Crippen LogP contribution in [0.5, 0.6) is 5.75 Å². The molecule has 2 unspecified atom stereocenters. The van der Waals surface area contributed by atoms with Gasteiger partial charge in [-0.3, -0.25) is 4.90 Å². The Bertz CT molecular complexity index is 514. The van der Waals surface area contributed by atoms with Crippen LogP contribution in [-0.4, -0.2) is 35.7 Å². The highest BCUT2D eigenvalue weighted by Gasteiger charge is 2.36. The molecule has 1 aliphatic heterocycles. The van der Waals surface area contributed by atoms with Crippen molar-refractivity contribution >= 4 is 11.6 Å². The molecular formula is C17H24ClNO2. The molecule has 4 heteroatoms. The molecule has 116 valence electrons. The van der Waals surface area contributed by atoms with Gasteiger partial charge in [-0.1, -0.05) is 30.9 Å². The van der Waals surface area contributed by atoms with Gasteiger partial charge in [-0.15, -0.1) is 0 Å². The molecule has 1 aliphatic carbocycles. The Morgan fingerprint density at radius 3 is 2.67 bits per heavy atom. The molecule has 0 aromatic heterocycles. The molecule has 1 aromatic rings. The van der Waals surface area contributed by atoms with Crippen molar-refractivity contribution in [3.63, 3.8) is 0 Å². The lowest BCUT2D eigenvalue weighted by Crippen LogP contribution is -2.49. The number of aliphatic hydroxyl groups excluding tert-OH is 1. The van der Waals surface area contributed by atoms with E-state index in [1.165, 1.54) is 32.1 Å². The quantitative estimate of drug-likeness (QED) is 0.904. The van der Waals surface area contributed by atoms with E-state index >= 15 is 0 Å². The molecule has 0 amide bonds. The molecule has 3 rings (SSSR count). The van der Waals surface area contributed by atoms with Crippen molar-refractivity contribution in [3.05, 3.63) is 28.3 Å². The zero-order valence-electron chi connectivity index (χ0n) is 12.8. The van der Waals surface area contributed by atoms with Crippen LogP contribution in [0.1, 0.15) is 49.3 Å². The van der Waals surface area contributed by atoms with Gasteiger partial charge in [0, 0.05) is 16.6 Å². The van der Waals surface area contributed by atoms with E-state index in [4.69, 9.17) is 16.3 Å². The monoisotopic (exact) mass is 309 g/mol. The van der Waals surface area contributed by atoms with Crippen LogP contribution in [0.2, 0.25) is 5.02 Å². The van der Waals surface area contributed by atoms with Crippen LogP contribution in [0, 0.1) is 6.92 Å². The number of ether oxygens (including phenoxy) is 1. The second kappa shape index (κ2) is 6.15. The van der Waals surface area contributed by atoms with Crippen LogP contribution in [0.15, 0.2) is 12.1 Å². The molecule has 3 nitrogen and oxygen atoms in total. The molecule has 1 saturated carbocycles. The fourth-order valence-corrected chi connectivity index (χ4v) is 4.02. The van der Waals surface area contributed by atoms with Gasteiger partial charge in [0.15, 0.2) is 0 Å². The van der Waals surface area contributed by atoms with Crippen molar-refractivity contribution < 1.29 is 9.84 Å². The van der Waals surface area contributed by atoms with Gasteiger partial charge < -0.3 is 9.84 Å². The third-order valence-electron chi connectivity index (χ3n) is 5.02. The van der Waals surface area contributed by atoms with Crippen molar-refractivity contribution in [2.45, 2.75) is 57.2 Å². The SMILES string of the molecule is Cc1cc(Cl)cc2c1OCC(N(C)C1CCCCC1)C2O. The first-order chi connectivity index (χ1) is 10.1. The first-order valence-electron chi connectivity index (χ1n) is 7.91. The largest absolute Gasteiger partial charge is 0.491 e. The number of aliphatic hydroxyl groups is 1. The molecule has 1 fully saturated rings. The van der Waals surface area contributed by atoms with Crippen molar-refractivity contribution in [2.75, 3.05) is 13.7 Å². The van der Waals surface area contributed by atoms with E-state index in [9.17, 15) is 5.11 Å². The maximum atomic E-state index is 10.8. The molecule has 2 aliphatic rings. The van der Waals surface area contributed by atoms with Crippen LogP contribution < -0.4 is 4.74 Å². The summed E-state index contributed by atoms with van der Waals surface area (Å²) in [6.45, 7) is 2.52. The number of fused-ring (bicyclic) bond motifs is 1. The number of nitrogens with zero attached hydrogens (tertiary/aromatic N) is 1. The molecule has 21 heavy (non-hydrogen) atoms. The van der Waals surface area contributed by atoms with Gasteiger partial charge >= 0.3 is 0 Å². The summed E-state index contributed by atoms with van der Waals surface area (Å²) in [7, 11) is 2.12. The number of rotatable bonds is 2. The summed E-state index contributed by atoms with van der Waals surface area (Å²) in [6.07, 6.45) is 5.84. The Morgan fingerprint density at radius 1 is 1.24 bits per heavy atom. The summed E-state index contributed by atoms with van der Waals surface area (Å²) in [5, 5.41) is 11.5. The van der Waals surface area contributed by atoms with E-state index in [1.54, 1.807) is 0 Å². The zero-order chi connectivity index (χ0) is 15.0. The van der Waals surface area contributed by atoms with Crippen molar-refractivity contribution in [1.29, 1.82) is 0 Å². The minimum Gasteiger partial charge on any atom is -0.491 e. The molecule has 0 radical (unpaired) electrons. The first kappa shape index (κ1) is 15.1. The number of hydrogen-bond donors (Lipinski definition) is 1. The lowest BCUT2D eigenvalue weighted by Gasteiger charge is -2.42. The summed E-state index contributed by atoms with van der Waals surface area (Å²) < 4.78 is 5.94. The Balaban J connectivity index is 1.82. The molecule has 2 atom stereocenters. The smallest absolute Gasteiger partial charge is 0.128 e. The average Bonchev–Trinajstić information content (AvgIpc) is 2.48. The standard InChI is InChI=1S/C17H24ClNO2/c1-11-8-12(18)9-14-16(20)15(10-21-17(11)14)19(2)13-6-4-3-5-7-13/h8-9,13,15-16,20H,3-7,10H2,1-2H3. The van der Waals surface area contributed by atoms with Gasteiger partial charge in [-0.25, -0.2) is 0 Å². The van der Waals surface area contributed by atoms with Gasteiger partial charge in [0.05, 0.1) is 6.04 Å². The average molecular weight is 310 g/mol. The zero-order valence-corrected chi connectivity index (χ0v) is 13.6. The van der Waals surface area contributed by atoms with Crippen molar-refractivity contribution in [3.8, 4) is 5.75 Å². The molecule has 0 bridgehead atoms. The van der Waals surface area contributed by atoms with Gasteiger partial charge in [-0.05, 0) is 44.5 Å². The number of halogens is 1. The van der Waals surface area contributed by atoms with E-state index in [0.717, 1.165) is 16.9 Å². The van der Waals surface area contributed by atoms with E-state index < -0.39 is 6.10 Å². The summed E-state index contributed by atoms with van der Waals surface area (Å²) in [6, 6.07) is 4.30. The summed E-state index contributed by atoms with van der Waals surface area (Å²) >= 11 is 6.14. The third kappa shape index (κ3) is 2.92. The topological polar surface area (TPSA) is 32.7 Å². The van der Waals surface area contributed by atoms with E-state index in [1.807, 2.05) is 19.1 Å². The second-order valence-corrected chi connectivity index (χ2v) is 6.86. The van der Waals surface area contributed by atoms with Crippen molar-refractivity contribution in [2.24, 2.45) is 0 Å². The van der Waals surface area contributed by atoms with Crippen LogP contribution in [0.4, 0.5) is 0 Å². The van der Waals surface area contributed by atoms with E-state index in [2.05, 4.69) is 11.9 Å². The predicted molar refractivity (Wildman–Crippen MR) is 85.1 cm³/mol. The molecule has 1 aromatic carbocycles. The van der Waals surface area contributed by atoms with Crippen LogP contribution in [0.25, 0.3) is 0 Å². The number of benzene rings is 1. The van der Waals surface area contributed by atoms with Gasteiger partial charge in [0.25, 0.3) is 0 Å². The van der Waals surface area contributed by atoms with Crippen LogP contribution in [0.3, 0.4) is 0 Å². The molecule has 1 N–H and O–H groups in total. The minimum atomic E-state index is -0.530. The maximum absolute atomic E-state index is 10.8. The first-order valence-corrected chi connectivity index (χ1v) is 8.28. The summed E-state index contributed by atoms with van der Waals surface area (Å²) in [5.74, 6) is 0.806. The van der Waals surface area contributed by atoms with Gasteiger partial charge in [0.1, 0.15) is 18.5 Å². The number of aryl methyl sites for hydroxylation is 1. The molecule has 0 spiro atoms. The highest BCUT2D eigenvalue weighted by Crippen LogP contribution is 2.39. The molecular weight excluding hydrogens is 286 g/mol. The van der Waals surface area contributed by atoms with E-state index in [-0.39, 0.29) is 6.04 Å². The summed E-state index contributed by atoms with van der Waals surface area (Å²) in [4.78, 5) is 2.32. The van der Waals surface area contributed by atoms with Crippen LogP contribution >= 0.6 is 11.6 Å². The Hall–Kier alpha value is -0.770. The highest BCUT2D eigenvalue weighted by molar-refractivity contribution is 6.30. The van der Waals surface area contributed by atoms with E-state index in [0.29, 0.717) is 17.7 Å². The van der Waals surface area contributed by atoms with Crippen molar-refractivity contribution in [1.82, 2.24) is 4.90 Å². The lowest BCUT2D eigenvalue weighted by molar-refractivity contribution is -0.0102.